The Labute approximate surface area is 97.1 Å². The summed E-state index contributed by atoms with van der Waals surface area (Å²) in [5, 5.41) is 9.31. The number of rotatable bonds is 7. The summed E-state index contributed by atoms with van der Waals surface area (Å²) in [7, 11) is -0.699. The highest BCUT2D eigenvalue weighted by Gasteiger charge is 2.17. The molecule has 1 fully saturated rings. The highest BCUT2D eigenvalue weighted by molar-refractivity contribution is 7.18. The molecule has 0 aromatic carbocycles. The Balaban J connectivity index is 2.01. The van der Waals surface area contributed by atoms with Crippen LogP contribution in [0.5, 0.6) is 0 Å². The Hall–Kier alpha value is -0.510. The summed E-state index contributed by atoms with van der Waals surface area (Å²) >= 11 is 0. The van der Waals surface area contributed by atoms with Crippen molar-refractivity contribution in [3.05, 3.63) is 0 Å². The van der Waals surface area contributed by atoms with E-state index in [0.717, 1.165) is 19.4 Å². The van der Waals surface area contributed by atoms with E-state index in [0.29, 0.717) is 6.42 Å². The van der Waals surface area contributed by atoms with Crippen LogP contribution in [0.3, 0.4) is 0 Å². The summed E-state index contributed by atoms with van der Waals surface area (Å²) in [5.74, 6) is -0.808. The summed E-state index contributed by atoms with van der Waals surface area (Å²) in [6.45, 7) is 3.36. The molecule has 0 aliphatic carbocycles. The van der Waals surface area contributed by atoms with Gasteiger partial charge in [-0.2, -0.15) is 0 Å². The molecule has 1 unspecified atom stereocenters. The molecule has 1 heterocycles. The Morgan fingerprint density at radius 1 is 1.38 bits per heavy atom. The van der Waals surface area contributed by atoms with Crippen molar-refractivity contribution in [1.82, 2.24) is 4.90 Å². The zero-order valence-corrected chi connectivity index (χ0v) is 10.2. The topological polar surface area (TPSA) is 66.8 Å². The van der Waals surface area contributed by atoms with Gasteiger partial charge in [-0.3, -0.25) is 0 Å². The minimum Gasteiger partial charge on any atom is -0.381 e. The van der Waals surface area contributed by atoms with Crippen LogP contribution in [-0.4, -0.2) is 41.7 Å². The van der Waals surface area contributed by atoms with Crippen LogP contribution >= 0.6 is 8.69 Å². The van der Waals surface area contributed by atoms with Gasteiger partial charge in [0.05, 0.1) is 0 Å². The van der Waals surface area contributed by atoms with Crippen LogP contribution in [-0.2, 0) is 13.9 Å². The molecule has 1 rings (SSSR count). The first-order valence-corrected chi connectivity index (χ1v) is 6.41. The molecule has 0 aromatic rings. The van der Waals surface area contributed by atoms with E-state index in [9.17, 15) is 14.5 Å². The van der Waals surface area contributed by atoms with Crippen LogP contribution in [0, 0.1) is 0 Å². The van der Waals surface area contributed by atoms with Gasteiger partial charge in [0.2, 0.25) is 0 Å². The second kappa shape index (κ2) is 7.71. The van der Waals surface area contributed by atoms with Crippen molar-refractivity contribution in [3.8, 4) is 0 Å². The molecule has 1 saturated heterocycles. The second-order valence-corrected chi connectivity index (χ2v) is 4.38. The molecule has 5 nitrogen and oxygen atoms in total. The average Bonchev–Trinajstić information content (AvgIpc) is 2.77. The number of aliphatic hydroxyl groups excluding tert-OH is 1. The number of hydrogen-bond acceptors (Lipinski definition) is 5. The molecule has 92 valence electrons. The van der Waals surface area contributed by atoms with Crippen molar-refractivity contribution in [1.29, 1.82) is 0 Å². The zero-order chi connectivity index (χ0) is 11.8. The third-order valence-corrected chi connectivity index (χ3v) is 3.05. The smallest absolute Gasteiger partial charge is 0.381 e. The standard InChI is InChI=1S/C10H18NO4P/c12-9(10(13)15-16-14)5-1-2-6-11-7-3-4-8-11/h9,12H,1-8H2. The maximum Gasteiger partial charge on any atom is 0.398 e. The van der Waals surface area contributed by atoms with Crippen molar-refractivity contribution < 1.29 is 19.0 Å². The van der Waals surface area contributed by atoms with Crippen molar-refractivity contribution >= 4 is 14.7 Å². The van der Waals surface area contributed by atoms with Crippen LogP contribution in [0.25, 0.3) is 0 Å². The molecule has 1 aliphatic heterocycles. The maximum atomic E-state index is 10.9. The minimum atomic E-state index is -1.14. The molecule has 0 saturated carbocycles. The third kappa shape index (κ3) is 5.01. The zero-order valence-electron chi connectivity index (χ0n) is 9.30. The fraction of sp³-hybridized carbons (Fsp3) is 0.900. The van der Waals surface area contributed by atoms with E-state index in [2.05, 4.69) is 9.42 Å². The van der Waals surface area contributed by atoms with Gasteiger partial charge in [0, 0.05) is 0 Å². The highest BCUT2D eigenvalue weighted by Crippen LogP contribution is 2.11. The van der Waals surface area contributed by atoms with E-state index in [4.69, 9.17) is 0 Å². The third-order valence-electron chi connectivity index (χ3n) is 2.80. The molecular weight excluding hydrogens is 229 g/mol. The van der Waals surface area contributed by atoms with E-state index in [-0.39, 0.29) is 0 Å². The fourth-order valence-electron chi connectivity index (χ4n) is 1.89. The van der Waals surface area contributed by atoms with E-state index in [1.807, 2.05) is 0 Å². The van der Waals surface area contributed by atoms with E-state index in [1.54, 1.807) is 0 Å². The molecule has 0 radical (unpaired) electrons. The number of nitrogens with zero attached hydrogens (tertiary/aromatic N) is 1. The lowest BCUT2D eigenvalue weighted by atomic mass is 10.1. The molecular formula is C10H18NO4P. The summed E-state index contributed by atoms with van der Waals surface area (Å²) < 4.78 is 14.1. The Morgan fingerprint density at radius 3 is 2.69 bits per heavy atom. The van der Waals surface area contributed by atoms with Crippen molar-refractivity contribution in [3.63, 3.8) is 0 Å². The Bertz CT molecular complexity index is 231. The fourth-order valence-corrected chi connectivity index (χ4v) is 2.09. The first-order valence-electron chi connectivity index (χ1n) is 5.68. The van der Waals surface area contributed by atoms with Gasteiger partial charge in [-0.15, -0.1) is 0 Å². The molecule has 1 N–H and O–H groups in total. The first kappa shape index (κ1) is 13.6. The molecule has 16 heavy (non-hydrogen) atoms. The van der Waals surface area contributed by atoms with E-state index < -0.39 is 20.8 Å². The molecule has 0 spiro atoms. The van der Waals surface area contributed by atoms with Crippen molar-refractivity contribution in [2.75, 3.05) is 19.6 Å². The van der Waals surface area contributed by atoms with Crippen LogP contribution in [0.4, 0.5) is 0 Å². The summed E-state index contributed by atoms with van der Waals surface area (Å²) in [4.78, 5) is 13.3. The number of likely N-dealkylation sites (tertiary alicyclic amines) is 1. The van der Waals surface area contributed by atoms with Gasteiger partial charge in [0.25, 0.3) is 0 Å². The predicted molar refractivity (Wildman–Crippen MR) is 59.2 cm³/mol. The Morgan fingerprint density at radius 2 is 2.06 bits per heavy atom. The maximum absolute atomic E-state index is 10.9. The van der Waals surface area contributed by atoms with Crippen molar-refractivity contribution in [2.24, 2.45) is 0 Å². The number of carbonyl (C=O) groups is 1. The summed E-state index contributed by atoms with van der Waals surface area (Å²) in [6, 6.07) is 0. The largest absolute Gasteiger partial charge is 0.398 e. The van der Waals surface area contributed by atoms with Gasteiger partial charge in [-0.25, -0.2) is 9.36 Å². The molecule has 0 aromatic heterocycles. The van der Waals surface area contributed by atoms with E-state index in [1.165, 1.54) is 25.9 Å². The SMILES string of the molecule is O=POC(=O)C(O)CCCCN1CCCC1. The number of hydrogen-bond donors (Lipinski definition) is 1. The predicted octanol–water partition coefficient (Wildman–Crippen LogP) is 1.36. The molecule has 1 aliphatic rings. The second-order valence-electron chi connectivity index (χ2n) is 4.05. The number of aliphatic hydroxyl groups is 1. The average molecular weight is 247 g/mol. The van der Waals surface area contributed by atoms with Gasteiger partial charge >= 0.3 is 14.7 Å². The van der Waals surface area contributed by atoms with Crippen molar-refractivity contribution in [2.45, 2.75) is 38.2 Å². The lowest BCUT2D eigenvalue weighted by molar-refractivity contribution is -0.143. The normalized spacial score (nSPS) is 18.8. The lowest BCUT2D eigenvalue weighted by Gasteiger charge is -2.14. The molecule has 0 bridgehead atoms. The van der Waals surface area contributed by atoms with Gasteiger partial charge < -0.3 is 14.5 Å². The highest BCUT2D eigenvalue weighted by atomic mass is 31.1. The summed E-state index contributed by atoms with van der Waals surface area (Å²) in [6.07, 6.45) is 3.54. The van der Waals surface area contributed by atoms with Crippen LogP contribution in [0.2, 0.25) is 0 Å². The molecule has 6 heteroatoms. The quantitative estimate of drug-likeness (QED) is 0.543. The summed E-state index contributed by atoms with van der Waals surface area (Å²) in [5.41, 5.74) is 0. The van der Waals surface area contributed by atoms with Crippen LogP contribution < -0.4 is 0 Å². The molecule has 1 atom stereocenters. The lowest BCUT2D eigenvalue weighted by Crippen LogP contribution is -2.22. The van der Waals surface area contributed by atoms with Crippen LogP contribution in [0.15, 0.2) is 0 Å². The van der Waals surface area contributed by atoms with Gasteiger partial charge in [0.15, 0.2) is 6.10 Å². The first-order chi connectivity index (χ1) is 7.74. The van der Waals surface area contributed by atoms with Gasteiger partial charge in [-0.05, 0) is 51.7 Å². The molecule has 0 amide bonds. The minimum absolute atomic E-state index is 0.377. The Kier molecular flexibility index (Phi) is 6.53. The number of carbonyl (C=O) groups excluding carboxylic acids is 1. The van der Waals surface area contributed by atoms with Crippen LogP contribution in [0.1, 0.15) is 32.1 Å². The monoisotopic (exact) mass is 247 g/mol. The van der Waals surface area contributed by atoms with E-state index >= 15 is 0 Å². The van der Waals surface area contributed by atoms with Gasteiger partial charge in [-0.1, -0.05) is 0 Å². The van der Waals surface area contributed by atoms with Gasteiger partial charge in [0.1, 0.15) is 0 Å². The number of unbranched alkanes of at least 4 members (excludes halogenated alkanes) is 1.